The number of benzene rings is 1. The van der Waals surface area contributed by atoms with Crippen molar-refractivity contribution in [3.8, 4) is 5.75 Å². The topological polar surface area (TPSA) is 38.3 Å². The Kier molecular flexibility index (Phi) is 6.31. The predicted molar refractivity (Wildman–Crippen MR) is 99.2 cm³/mol. The van der Waals surface area contributed by atoms with Crippen LogP contribution in [0.15, 0.2) is 24.3 Å². The molecule has 0 aromatic heterocycles. The first-order valence-electron chi connectivity index (χ1n) is 9.33. The Morgan fingerprint density at radius 1 is 1.25 bits per heavy atom. The monoisotopic (exact) mass is 331 g/mol. The summed E-state index contributed by atoms with van der Waals surface area (Å²) < 4.78 is 5.91. The summed E-state index contributed by atoms with van der Waals surface area (Å²) in [4.78, 5) is 12.6. The van der Waals surface area contributed by atoms with Gasteiger partial charge in [-0.3, -0.25) is 4.79 Å². The highest BCUT2D eigenvalue weighted by atomic mass is 16.5. The van der Waals surface area contributed by atoms with Gasteiger partial charge in [-0.25, -0.2) is 0 Å². The summed E-state index contributed by atoms with van der Waals surface area (Å²) >= 11 is 0. The average molecular weight is 332 g/mol. The Morgan fingerprint density at radius 2 is 1.92 bits per heavy atom. The summed E-state index contributed by atoms with van der Waals surface area (Å²) in [6.45, 7) is 11.0. The molecular weight excluding hydrogens is 298 g/mol. The van der Waals surface area contributed by atoms with E-state index in [9.17, 15) is 4.79 Å². The van der Waals surface area contributed by atoms with Crippen molar-refractivity contribution in [2.45, 2.75) is 78.9 Å². The van der Waals surface area contributed by atoms with E-state index in [1.165, 1.54) is 12.8 Å². The Balaban J connectivity index is 1.86. The van der Waals surface area contributed by atoms with Gasteiger partial charge in [0.25, 0.3) is 5.91 Å². The zero-order valence-corrected chi connectivity index (χ0v) is 15.9. The smallest absolute Gasteiger partial charge is 0.261 e. The molecule has 2 rings (SSSR count). The summed E-state index contributed by atoms with van der Waals surface area (Å²) in [6, 6.07) is 8.18. The van der Waals surface area contributed by atoms with Crippen LogP contribution in [0, 0.1) is 18.3 Å². The first-order chi connectivity index (χ1) is 11.3. The molecule has 3 heteroatoms. The molecule has 1 amide bonds. The number of ether oxygens (including phenoxy) is 1. The van der Waals surface area contributed by atoms with Crippen molar-refractivity contribution in [1.82, 2.24) is 5.32 Å². The van der Waals surface area contributed by atoms with Crippen LogP contribution in [0.2, 0.25) is 0 Å². The highest BCUT2D eigenvalue weighted by Crippen LogP contribution is 2.37. The number of carbonyl (C=O) groups is 1. The Hall–Kier alpha value is -1.51. The molecule has 1 aliphatic rings. The third-order valence-electron chi connectivity index (χ3n) is 5.23. The van der Waals surface area contributed by atoms with Crippen LogP contribution in [0.1, 0.15) is 65.4 Å². The lowest BCUT2D eigenvalue weighted by molar-refractivity contribution is -0.129. The van der Waals surface area contributed by atoms with Crippen molar-refractivity contribution in [2.75, 3.05) is 0 Å². The number of rotatable bonds is 5. The van der Waals surface area contributed by atoms with Gasteiger partial charge in [0.1, 0.15) is 5.75 Å². The quantitative estimate of drug-likeness (QED) is 0.835. The lowest BCUT2D eigenvalue weighted by Crippen LogP contribution is -2.45. The fourth-order valence-electron chi connectivity index (χ4n) is 3.57. The van der Waals surface area contributed by atoms with E-state index in [-0.39, 0.29) is 5.91 Å². The van der Waals surface area contributed by atoms with Gasteiger partial charge in [-0.15, -0.1) is 0 Å². The molecule has 0 radical (unpaired) electrons. The molecule has 3 nitrogen and oxygen atoms in total. The Bertz CT molecular complexity index is 539. The van der Waals surface area contributed by atoms with Gasteiger partial charge in [0.05, 0.1) is 0 Å². The molecule has 24 heavy (non-hydrogen) atoms. The minimum Gasteiger partial charge on any atom is -0.481 e. The third-order valence-corrected chi connectivity index (χ3v) is 5.23. The molecule has 1 unspecified atom stereocenters. The number of nitrogens with one attached hydrogen (secondary N) is 1. The lowest BCUT2D eigenvalue weighted by Gasteiger charge is -2.37. The lowest BCUT2D eigenvalue weighted by atomic mass is 9.71. The number of aryl methyl sites for hydroxylation is 1. The Labute approximate surface area is 147 Å². The normalized spacial score (nSPS) is 22.7. The van der Waals surface area contributed by atoms with E-state index in [0.29, 0.717) is 17.9 Å². The first-order valence-corrected chi connectivity index (χ1v) is 9.33. The second-order valence-corrected chi connectivity index (χ2v) is 8.25. The van der Waals surface area contributed by atoms with Gasteiger partial charge in [0.2, 0.25) is 0 Å². The molecule has 1 aromatic carbocycles. The van der Waals surface area contributed by atoms with E-state index in [2.05, 4.69) is 26.1 Å². The van der Waals surface area contributed by atoms with Gasteiger partial charge >= 0.3 is 0 Å². The standard InChI is InChI=1S/C21H33NO2/c1-6-19(24-18-9-7-8-15(2)14-18)20(23)22-17-12-10-16(11-13-17)21(3,4)5/h7-9,14,16-17,19H,6,10-13H2,1-5H3,(H,22,23). The van der Waals surface area contributed by atoms with Crippen molar-refractivity contribution in [1.29, 1.82) is 0 Å². The van der Waals surface area contributed by atoms with Gasteiger partial charge in [-0.1, -0.05) is 39.8 Å². The fraction of sp³-hybridized carbons (Fsp3) is 0.667. The second kappa shape index (κ2) is 8.04. The molecule has 0 heterocycles. The molecule has 0 aliphatic heterocycles. The summed E-state index contributed by atoms with van der Waals surface area (Å²) in [7, 11) is 0. The van der Waals surface area contributed by atoms with E-state index in [1.54, 1.807) is 0 Å². The van der Waals surface area contributed by atoms with Crippen LogP contribution in [-0.4, -0.2) is 18.1 Å². The summed E-state index contributed by atoms with van der Waals surface area (Å²) in [5, 5.41) is 3.21. The van der Waals surface area contributed by atoms with Crippen LogP contribution < -0.4 is 10.1 Å². The molecule has 1 N–H and O–H groups in total. The molecule has 1 atom stereocenters. The van der Waals surface area contributed by atoms with Gasteiger partial charge in [0.15, 0.2) is 6.10 Å². The van der Waals surface area contributed by atoms with Gasteiger partial charge in [0, 0.05) is 6.04 Å². The van der Waals surface area contributed by atoms with Crippen molar-refractivity contribution < 1.29 is 9.53 Å². The van der Waals surface area contributed by atoms with E-state index in [1.807, 2.05) is 38.1 Å². The fourth-order valence-corrected chi connectivity index (χ4v) is 3.57. The minimum atomic E-state index is -0.410. The van der Waals surface area contributed by atoms with Gasteiger partial charge in [-0.2, -0.15) is 0 Å². The van der Waals surface area contributed by atoms with E-state index >= 15 is 0 Å². The maximum absolute atomic E-state index is 12.6. The molecule has 1 aliphatic carbocycles. The highest BCUT2D eigenvalue weighted by molar-refractivity contribution is 5.81. The molecule has 0 saturated heterocycles. The van der Waals surface area contributed by atoms with Crippen LogP contribution in [0.4, 0.5) is 0 Å². The molecule has 0 bridgehead atoms. The SMILES string of the molecule is CCC(Oc1cccc(C)c1)C(=O)NC1CCC(C(C)(C)C)CC1. The van der Waals surface area contributed by atoms with E-state index < -0.39 is 6.10 Å². The van der Waals surface area contributed by atoms with Crippen molar-refractivity contribution in [2.24, 2.45) is 11.3 Å². The molecule has 134 valence electrons. The maximum atomic E-state index is 12.6. The largest absolute Gasteiger partial charge is 0.481 e. The molecule has 1 fully saturated rings. The number of hydrogen-bond acceptors (Lipinski definition) is 2. The molecule has 1 aromatic rings. The van der Waals surface area contributed by atoms with Crippen molar-refractivity contribution in [3.05, 3.63) is 29.8 Å². The summed E-state index contributed by atoms with van der Waals surface area (Å²) in [6.07, 6.45) is 4.82. The van der Waals surface area contributed by atoms with E-state index in [4.69, 9.17) is 4.74 Å². The summed E-state index contributed by atoms with van der Waals surface area (Å²) in [5.74, 6) is 1.56. The highest BCUT2D eigenvalue weighted by Gasteiger charge is 2.31. The molecule has 0 spiro atoms. The van der Waals surface area contributed by atoms with Crippen molar-refractivity contribution >= 4 is 5.91 Å². The van der Waals surface area contributed by atoms with E-state index in [0.717, 1.165) is 30.1 Å². The van der Waals surface area contributed by atoms with Gasteiger partial charge in [-0.05, 0) is 68.1 Å². The zero-order chi connectivity index (χ0) is 17.7. The van der Waals surface area contributed by atoms with Crippen LogP contribution >= 0.6 is 0 Å². The molecule has 1 saturated carbocycles. The second-order valence-electron chi connectivity index (χ2n) is 8.25. The zero-order valence-electron chi connectivity index (χ0n) is 15.9. The van der Waals surface area contributed by atoms with Crippen LogP contribution in [0.5, 0.6) is 5.75 Å². The predicted octanol–water partition coefficient (Wildman–Crippen LogP) is 4.87. The summed E-state index contributed by atoms with van der Waals surface area (Å²) in [5.41, 5.74) is 1.51. The minimum absolute atomic E-state index is 0.0261. The van der Waals surface area contributed by atoms with Gasteiger partial charge < -0.3 is 10.1 Å². The van der Waals surface area contributed by atoms with Crippen molar-refractivity contribution in [3.63, 3.8) is 0 Å². The van der Waals surface area contributed by atoms with Crippen LogP contribution in [0.3, 0.4) is 0 Å². The average Bonchev–Trinajstić information content (AvgIpc) is 2.52. The Morgan fingerprint density at radius 3 is 2.46 bits per heavy atom. The molecular formula is C21H33NO2. The third kappa shape index (κ3) is 5.25. The maximum Gasteiger partial charge on any atom is 0.261 e. The number of amides is 1. The first kappa shape index (κ1) is 18.8. The number of carbonyl (C=O) groups excluding carboxylic acids is 1. The number of hydrogen-bond donors (Lipinski definition) is 1. The van der Waals surface area contributed by atoms with Crippen LogP contribution in [0.25, 0.3) is 0 Å². The van der Waals surface area contributed by atoms with Crippen LogP contribution in [-0.2, 0) is 4.79 Å².